The Morgan fingerprint density at radius 3 is 1.52 bits per heavy atom. The van der Waals surface area contributed by atoms with Crippen LogP contribution in [0, 0.1) is 61.3 Å². The monoisotopic (exact) mass is 566 g/mol. The standard InChI is InChI=1S/C12H16N2.C8H10.C6H6N2S.C4H10.2C2H6.CH4/c1-6-7(2)9(4)12-11(8(6)3)13-10(5)14-12;1-7-5-3-4-6-8(7)2;1-4-7-5-2-9-3-6(5)8-4;1-4(2)3;2*1-2;/h1-5H3,(H,13,14);3-6H,1-2H3;2-3H,1H3,(H,7,8);4H,1-3H3;2*1-2H3;1H4. The normalized spacial score (nSPS) is 9.40. The molecule has 5 aromatic rings. The van der Waals surface area contributed by atoms with E-state index in [1.165, 1.54) is 38.9 Å². The van der Waals surface area contributed by atoms with Crippen LogP contribution in [0.15, 0.2) is 35.0 Å². The Hall–Kier alpha value is -2.92. The number of aromatic nitrogens is 4. The third-order valence-electron chi connectivity index (χ3n) is 5.91. The van der Waals surface area contributed by atoms with Gasteiger partial charge in [0.1, 0.15) is 11.6 Å². The zero-order chi connectivity index (χ0) is 30.3. The highest BCUT2D eigenvalue weighted by atomic mass is 32.1. The minimum Gasteiger partial charge on any atom is -0.342 e. The number of rotatable bonds is 0. The lowest BCUT2D eigenvalue weighted by Crippen LogP contribution is -1.92. The van der Waals surface area contributed by atoms with Crippen LogP contribution in [0.3, 0.4) is 0 Å². The van der Waals surface area contributed by atoms with Crippen molar-refractivity contribution in [3.8, 4) is 0 Å². The van der Waals surface area contributed by atoms with E-state index in [1.807, 2.05) is 46.9 Å². The molecule has 5 heteroatoms. The molecule has 0 spiro atoms. The number of benzene rings is 2. The molecule has 0 unspecified atom stereocenters. The van der Waals surface area contributed by atoms with Gasteiger partial charge in [-0.3, -0.25) is 0 Å². The summed E-state index contributed by atoms with van der Waals surface area (Å²) in [4.78, 5) is 15.2. The summed E-state index contributed by atoms with van der Waals surface area (Å²) in [7, 11) is 0. The summed E-state index contributed by atoms with van der Waals surface area (Å²) in [6.45, 7) is 31.3. The highest BCUT2D eigenvalue weighted by Gasteiger charge is 2.11. The molecule has 0 saturated heterocycles. The van der Waals surface area contributed by atoms with Crippen LogP contribution in [0.1, 0.15) is 101 Å². The third-order valence-corrected chi connectivity index (χ3v) is 6.64. The Labute approximate surface area is 250 Å². The van der Waals surface area contributed by atoms with E-state index in [0.717, 1.165) is 34.1 Å². The second-order valence-corrected chi connectivity index (χ2v) is 10.6. The molecule has 224 valence electrons. The van der Waals surface area contributed by atoms with Gasteiger partial charge < -0.3 is 9.97 Å². The molecule has 0 fully saturated rings. The van der Waals surface area contributed by atoms with E-state index in [9.17, 15) is 0 Å². The largest absolute Gasteiger partial charge is 0.342 e. The lowest BCUT2D eigenvalue weighted by atomic mass is 9.98. The Bertz CT molecular complexity index is 1270. The summed E-state index contributed by atoms with van der Waals surface area (Å²) in [6.07, 6.45) is 0. The first kappa shape index (κ1) is 39.2. The van der Waals surface area contributed by atoms with Gasteiger partial charge in [-0.15, -0.1) is 11.3 Å². The van der Waals surface area contributed by atoms with Crippen molar-refractivity contribution in [1.82, 2.24) is 19.9 Å². The molecule has 5 rings (SSSR count). The number of nitrogens with zero attached hydrogens (tertiary/aromatic N) is 2. The molecule has 3 heterocycles. The molecule has 0 saturated carbocycles. The number of H-pyrrole nitrogens is 2. The zero-order valence-corrected chi connectivity index (χ0v) is 28.2. The molecule has 0 radical (unpaired) electrons. The number of thiophene rings is 1. The Morgan fingerprint density at radius 1 is 0.625 bits per heavy atom. The second-order valence-electron chi connectivity index (χ2n) is 9.86. The zero-order valence-electron chi connectivity index (χ0n) is 27.3. The number of nitrogens with one attached hydrogen (secondary N) is 2. The van der Waals surface area contributed by atoms with Gasteiger partial charge in [-0.2, -0.15) is 0 Å². The molecular weight excluding hydrogens is 508 g/mol. The van der Waals surface area contributed by atoms with Gasteiger partial charge in [0.15, 0.2) is 0 Å². The van der Waals surface area contributed by atoms with Crippen molar-refractivity contribution in [3.63, 3.8) is 0 Å². The van der Waals surface area contributed by atoms with Crippen LogP contribution in [0.4, 0.5) is 0 Å². The van der Waals surface area contributed by atoms with Gasteiger partial charge >= 0.3 is 0 Å². The Morgan fingerprint density at radius 2 is 1.07 bits per heavy atom. The van der Waals surface area contributed by atoms with Crippen molar-refractivity contribution in [2.24, 2.45) is 5.92 Å². The summed E-state index contributed by atoms with van der Waals surface area (Å²) in [5.74, 6) is 2.82. The van der Waals surface area contributed by atoms with Crippen molar-refractivity contribution in [3.05, 3.63) is 80.1 Å². The smallest absolute Gasteiger partial charge is 0.104 e. The van der Waals surface area contributed by atoms with Crippen molar-refractivity contribution >= 4 is 33.4 Å². The van der Waals surface area contributed by atoms with Crippen molar-refractivity contribution < 1.29 is 0 Å². The van der Waals surface area contributed by atoms with Crippen molar-refractivity contribution in [2.75, 3.05) is 0 Å². The maximum atomic E-state index is 4.52. The molecule has 4 nitrogen and oxygen atoms in total. The van der Waals surface area contributed by atoms with E-state index in [-0.39, 0.29) is 7.43 Å². The van der Waals surface area contributed by atoms with E-state index < -0.39 is 0 Å². The summed E-state index contributed by atoms with van der Waals surface area (Å²) in [5.41, 5.74) is 12.7. The maximum Gasteiger partial charge on any atom is 0.104 e. The van der Waals surface area contributed by atoms with E-state index in [0.29, 0.717) is 0 Å². The minimum absolute atomic E-state index is 0. The fraction of sp³-hybridized carbons (Fsp3) is 0.486. The van der Waals surface area contributed by atoms with E-state index in [1.54, 1.807) is 11.3 Å². The number of hydrogen-bond donors (Lipinski definition) is 2. The molecule has 3 aromatic heterocycles. The quantitative estimate of drug-likeness (QED) is 0.196. The number of aromatic amines is 2. The predicted molar refractivity (Wildman–Crippen MR) is 184 cm³/mol. The summed E-state index contributed by atoms with van der Waals surface area (Å²) in [5, 5.41) is 4.11. The fourth-order valence-electron chi connectivity index (χ4n) is 3.50. The van der Waals surface area contributed by atoms with Gasteiger partial charge in [-0.1, -0.05) is 80.2 Å². The molecule has 0 aliphatic heterocycles. The minimum atomic E-state index is 0. The maximum absolute atomic E-state index is 4.52. The molecule has 2 aromatic carbocycles. The van der Waals surface area contributed by atoms with Gasteiger partial charge in [0.25, 0.3) is 0 Å². The summed E-state index contributed by atoms with van der Waals surface area (Å²) >= 11 is 1.67. The van der Waals surface area contributed by atoms with Crippen molar-refractivity contribution in [2.45, 2.75) is 111 Å². The average molecular weight is 567 g/mol. The summed E-state index contributed by atoms with van der Waals surface area (Å²) in [6, 6.07) is 8.36. The molecule has 0 aliphatic carbocycles. The number of hydrogen-bond acceptors (Lipinski definition) is 3. The van der Waals surface area contributed by atoms with Gasteiger partial charge in [-0.05, 0) is 94.7 Å². The van der Waals surface area contributed by atoms with Crippen LogP contribution in [0.25, 0.3) is 22.1 Å². The van der Waals surface area contributed by atoms with E-state index >= 15 is 0 Å². The Kier molecular flexibility index (Phi) is 19.6. The van der Waals surface area contributed by atoms with Gasteiger partial charge in [0.2, 0.25) is 0 Å². The van der Waals surface area contributed by atoms with Crippen LogP contribution in [0.2, 0.25) is 0 Å². The summed E-state index contributed by atoms with van der Waals surface area (Å²) < 4.78 is 0. The van der Waals surface area contributed by atoms with Gasteiger partial charge in [-0.25, -0.2) is 9.97 Å². The van der Waals surface area contributed by atoms with Gasteiger partial charge in [0.05, 0.1) is 22.1 Å². The Balaban J connectivity index is 0. The second kappa shape index (κ2) is 20.0. The molecular formula is C35H58N4S. The topological polar surface area (TPSA) is 57.4 Å². The van der Waals surface area contributed by atoms with Crippen LogP contribution in [-0.4, -0.2) is 19.9 Å². The SMILES string of the molecule is C.CC.CC.CC(C)C.Cc1ccccc1C.Cc1nc2c(C)c(C)c(C)c(C)c2[nH]1.Cc1nc2cscc2[nH]1. The number of fused-ring (bicyclic) bond motifs is 2. The number of imidazole rings is 2. The van der Waals surface area contributed by atoms with Crippen LogP contribution in [-0.2, 0) is 0 Å². The first-order valence-corrected chi connectivity index (χ1v) is 15.2. The highest BCUT2D eigenvalue weighted by Crippen LogP contribution is 2.27. The van der Waals surface area contributed by atoms with Crippen LogP contribution in [0.5, 0.6) is 0 Å². The van der Waals surface area contributed by atoms with Crippen molar-refractivity contribution in [1.29, 1.82) is 0 Å². The molecule has 0 amide bonds. The molecule has 2 N–H and O–H groups in total. The molecule has 0 atom stereocenters. The highest BCUT2D eigenvalue weighted by molar-refractivity contribution is 7.09. The number of aryl methyl sites for hydroxylation is 6. The first-order chi connectivity index (χ1) is 18.4. The predicted octanol–water partition coefficient (Wildman–Crippen LogP) is 11.7. The lowest BCUT2D eigenvalue weighted by molar-refractivity contribution is 0.737. The third kappa shape index (κ3) is 12.1. The van der Waals surface area contributed by atoms with E-state index in [2.05, 4.69) is 112 Å². The molecule has 0 aliphatic rings. The van der Waals surface area contributed by atoms with Gasteiger partial charge in [0, 0.05) is 10.8 Å². The fourth-order valence-corrected chi connectivity index (χ4v) is 4.19. The van der Waals surface area contributed by atoms with E-state index in [4.69, 9.17) is 0 Å². The average Bonchev–Trinajstić information content (AvgIpc) is 3.61. The van der Waals surface area contributed by atoms with Crippen LogP contribution < -0.4 is 0 Å². The van der Waals surface area contributed by atoms with Crippen LogP contribution >= 0.6 is 11.3 Å². The molecule has 40 heavy (non-hydrogen) atoms. The first-order valence-electron chi connectivity index (χ1n) is 14.3. The lowest BCUT2D eigenvalue weighted by Gasteiger charge is -2.09. The molecule has 0 bridgehead atoms.